The molecule has 8 heavy (non-hydrogen) atoms. The molecule has 0 aromatic rings. The van der Waals surface area contributed by atoms with Crippen LogP contribution in [0.3, 0.4) is 0 Å². The summed E-state index contributed by atoms with van der Waals surface area (Å²) in [4.78, 5) is 0. The van der Waals surface area contributed by atoms with Crippen LogP contribution in [0.5, 0.6) is 0 Å². The fourth-order valence-electron chi connectivity index (χ4n) is 0.505. The molecule has 0 saturated carbocycles. The standard InChI is InChI=1S/C5H7NOS/c6-8(7)4-2-1-3-5-8/h1-4,6H,5H2. The summed E-state index contributed by atoms with van der Waals surface area (Å²) in [6.45, 7) is 0. The highest BCUT2D eigenvalue weighted by Gasteiger charge is 1.98. The Labute approximate surface area is 48.9 Å². The van der Waals surface area contributed by atoms with E-state index in [2.05, 4.69) is 0 Å². The molecule has 0 aromatic carbocycles. The second-order valence-corrected chi connectivity index (χ2v) is 3.71. The summed E-state index contributed by atoms with van der Waals surface area (Å²) in [5, 5.41) is 1.44. The Morgan fingerprint density at radius 2 is 2.25 bits per heavy atom. The molecular formula is C5H7NOS. The summed E-state index contributed by atoms with van der Waals surface area (Å²) < 4.78 is 17.8. The normalized spacial score (nSPS) is 35.5. The first-order valence-corrected chi connectivity index (χ1v) is 4.09. The van der Waals surface area contributed by atoms with Crippen molar-refractivity contribution in [2.45, 2.75) is 0 Å². The van der Waals surface area contributed by atoms with Gasteiger partial charge in [-0.15, -0.1) is 0 Å². The van der Waals surface area contributed by atoms with Gasteiger partial charge in [-0.3, -0.25) is 0 Å². The molecule has 0 spiro atoms. The van der Waals surface area contributed by atoms with E-state index in [0.29, 0.717) is 5.75 Å². The Kier molecular flexibility index (Phi) is 1.21. The molecular weight excluding hydrogens is 122 g/mol. The van der Waals surface area contributed by atoms with Crippen LogP contribution in [0.15, 0.2) is 23.6 Å². The van der Waals surface area contributed by atoms with Gasteiger partial charge < -0.3 is 0 Å². The van der Waals surface area contributed by atoms with E-state index in [0.717, 1.165) is 0 Å². The molecule has 1 heterocycles. The van der Waals surface area contributed by atoms with Crippen LogP contribution in [0, 0.1) is 4.78 Å². The Morgan fingerprint density at radius 3 is 2.50 bits per heavy atom. The van der Waals surface area contributed by atoms with Crippen molar-refractivity contribution < 1.29 is 4.21 Å². The molecule has 44 valence electrons. The predicted octanol–water partition coefficient (Wildman–Crippen LogP) is 1.12. The van der Waals surface area contributed by atoms with Crippen molar-refractivity contribution in [1.82, 2.24) is 0 Å². The average molecular weight is 129 g/mol. The molecule has 1 aliphatic heterocycles. The van der Waals surface area contributed by atoms with Crippen LogP contribution in [0.4, 0.5) is 0 Å². The molecule has 0 aromatic heterocycles. The molecule has 1 N–H and O–H groups in total. The first-order valence-electron chi connectivity index (χ1n) is 2.30. The van der Waals surface area contributed by atoms with Gasteiger partial charge in [0.2, 0.25) is 0 Å². The maximum atomic E-state index is 10.7. The lowest BCUT2D eigenvalue weighted by atomic mass is 10.5. The first kappa shape index (κ1) is 5.56. The highest BCUT2D eigenvalue weighted by Crippen LogP contribution is 2.00. The molecule has 1 aliphatic rings. The van der Waals surface area contributed by atoms with E-state index in [1.165, 1.54) is 5.41 Å². The lowest BCUT2D eigenvalue weighted by Gasteiger charge is -1.97. The van der Waals surface area contributed by atoms with E-state index in [1.807, 2.05) is 0 Å². The molecule has 0 radical (unpaired) electrons. The zero-order chi connectivity index (χ0) is 6.04. The molecule has 0 bridgehead atoms. The molecule has 0 amide bonds. The molecule has 0 fully saturated rings. The highest BCUT2D eigenvalue weighted by molar-refractivity contribution is 7.95. The summed E-state index contributed by atoms with van der Waals surface area (Å²) in [6.07, 6.45) is 5.20. The number of hydrogen-bond acceptors (Lipinski definition) is 2. The van der Waals surface area contributed by atoms with Gasteiger partial charge in [0.1, 0.15) is 0 Å². The van der Waals surface area contributed by atoms with Gasteiger partial charge in [0.25, 0.3) is 0 Å². The summed E-state index contributed by atoms with van der Waals surface area (Å²) >= 11 is 0. The summed E-state index contributed by atoms with van der Waals surface area (Å²) in [5.41, 5.74) is 0. The third kappa shape index (κ3) is 1.20. The predicted molar refractivity (Wildman–Crippen MR) is 34.0 cm³/mol. The van der Waals surface area contributed by atoms with Crippen molar-refractivity contribution in [2.24, 2.45) is 0 Å². The van der Waals surface area contributed by atoms with Crippen molar-refractivity contribution in [1.29, 1.82) is 4.78 Å². The first-order chi connectivity index (χ1) is 3.71. The fraction of sp³-hybridized carbons (Fsp3) is 0.200. The Bertz CT molecular complexity index is 223. The number of nitrogens with one attached hydrogen (secondary N) is 1. The monoisotopic (exact) mass is 129 g/mol. The van der Waals surface area contributed by atoms with Gasteiger partial charge >= 0.3 is 0 Å². The SMILES string of the molecule is N=S1(=O)C=CC=CC1. The largest absolute Gasteiger partial charge is 0.249 e. The van der Waals surface area contributed by atoms with Crippen LogP contribution < -0.4 is 0 Å². The molecule has 3 heteroatoms. The minimum Gasteiger partial charge on any atom is -0.249 e. The smallest absolute Gasteiger partial charge is 0.0693 e. The average Bonchev–Trinajstić information content (AvgIpc) is 1.65. The molecule has 1 atom stereocenters. The quantitative estimate of drug-likeness (QED) is 0.523. The molecule has 2 nitrogen and oxygen atoms in total. The van der Waals surface area contributed by atoms with Gasteiger partial charge in [-0.1, -0.05) is 18.2 Å². The van der Waals surface area contributed by atoms with Crippen molar-refractivity contribution >= 4 is 9.73 Å². The number of rotatable bonds is 0. The topological polar surface area (TPSA) is 40.9 Å². The van der Waals surface area contributed by atoms with E-state index in [-0.39, 0.29) is 0 Å². The molecule has 1 unspecified atom stereocenters. The summed E-state index contributed by atoms with van der Waals surface area (Å²) in [6, 6.07) is 0. The van der Waals surface area contributed by atoms with E-state index in [9.17, 15) is 4.21 Å². The lowest BCUT2D eigenvalue weighted by Crippen LogP contribution is -1.98. The lowest BCUT2D eigenvalue weighted by molar-refractivity contribution is 0.682. The van der Waals surface area contributed by atoms with Crippen LogP contribution >= 0.6 is 0 Å². The van der Waals surface area contributed by atoms with Crippen molar-refractivity contribution in [3.8, 4) is 0 Å². The van der Waals surface area contributed by atoms with Gasteiger partial charge in [-0.2, -0.15) is 0 Å². The minimum absolute atomic E-state index is 0.378. The van der Waals surface area contributed by atoms with Crippen molar-refractivity contribution in [3.63, 3.8) is 0 Å². The van der Waals surface area contributed by atoms with E-state index >= 15 is 0 Å². The Morgan fingerprint density at radius 1 is 1.50 bits per heavy atom. The van der Waals surface area contributed by atoms with Crippen LogP contribution in [0.1, 0.15) is 0 Å². The van der Waals surface area contributed by atoms with E-state index < -0.39 is 9.73 Å². The third-order valence-corrected chi connectivity index (χ3v) is 2.17. The van der Waals surface area contributed by atoms with E-state index in [4.69, 9.17) is 4.78 Å². The summed E-state index contributed by atoms with van der Waals surface area (Å²) in [7, 11) is -2.35. The van der Waals surface area contributed by atoms with Crippen molar-refractivity contribution in [2.75, 3.05) is 5.75 Å². The number of allylic oxidation sites excluding steroid dienone is 2. The Hall–Kier alpha value is -0.570. The number of hydrogen-bond donors (Lipinski definition) is 1. The maximum absolute atomic E-state index is 10.7. The fourth-order valence-corrected chi connectivity index (χ4v) is 1.36. The molecule has 1 rings (SSSR count). The van der Waals surface area contributed by atoms with Gasteiger partial charge in [0.15, 0.2) is 0 Å². The zero-order valence-corrected chi connectivity index (χ0v) is 5.15. The van der Waals surface area contributed by atoms with Crippen LogP contribution in [-0.2, 0) is 9.73 Å². The Balaban J connectivity index is 2.98. The molecule has 0 aliphatic carbocycles. The van der Waals surface area contributed by atoms with E-state index in [1.54, 1.807) is 18.2 Å². The van der Waals surface area contributed by atoms with Gasteiger partial charge in [0, 0.05) is 5.41 Å². The third-order valence-electron chi connectivity index (χ3n) is 0.889. The van der Waals surface area contributed by atoms with Crippen molar-refractivity contribution in [3.05, 3.63) is 23.6 Å². The van der Waals surface area contributed by atoms with Crippen LogP contribution in [-0.4, -0.2) is 9.96 Å². The maximum Gasteiger partial charge on any atom is 0.0693 e. The second kappa shape index (κ2) is 1.74. The van der Waals surface area contributed by atoms with Gasteiger partial charge in [-0.25, -0.2) is 8.99 Å². The second-order valence-electron chi connectivity index (χ2n) is 1.65. The highest BCUT2D eigenvalue weighted by atomic mass is 32.2. The van der Waals surface area contributed by atoms with Crippen LogP contribution in [0.25, 0.3) is 0 Å². The summed E-state index contributed by atoms with van der Waals surface area (Å²) in [5.74, 6) is 0.378. The molecule has 0 saturated heterocycles. The zero-order valence-electron chi connectivity index (χ0n) is 4.33. The van der Waals surface area contributed by atoms with Gasteiger partial charge in [-0.05, 0) is 0 Å². The van der Waals surface area contributed by atoms with Gasteiger partial charge in [0.05, 0.1) is 15.5 Å². The minimum atomic E-state index is -2.35. The van der Waals surface area contributed by atoms with Crippen LogP contribution in [0.2, 0.25) is 0 Å².